The van der Waals surface area contributed by atoms with E-state index in [1.54, 1.807) is 28.9 Å². The van der Waals surface area contributed by atoms with E-state index in [1.165, 1.54) is 12.3 Å². The molecule has 1 aliphatic rings. The van der Waals surface area contributed by atoms with Crippen LogP contribution in [0.2, 0.25) is 5.02 Å². The van der Waals surface area contributed by atoms with Crippen molar-refractivity contribution in [2.24, 2.45) is 5.92 Å². The van der Waals surface area contributed by atoms with E-state index in [0.29, 0.717) is 16.5 Å². The van der Waals surface area contributed by atoms with Gasteiger partial charge in [-0.3, -0.25) is 9.59 Å². The number of carbonyl (C=O) groups is 2. The van der Waals surface area contributed by atoms with Gasteiger partial charge >= 0.3 is 6.18 Å². The monoisotopic (exact) mass is 578 g/mol. The van der Waals surface area contributed by atoms with Crippen molar-refractivity contribution >= 4 is 40.8 Å². The van der Waals surface area contributed by atoms with E-state index in [2.05, 4.69) is 40.2 Å². The lowest BCUT2D eigenvalue weighted by atomic mass is 9.86. The van der Waals surface area contributed by atoms with Gasteiger partial charge in [0.25, 0.3) is 0 Å². The lowest BCUT2D eigenvalue weighted by Crippen LogP contribution is -2.43. The van der Waals surface area contributed by atoms with Crippen molar-refractivity contribution in [3.63, 3.8) is 0 Å². The van der Waals surface area contributed by atoms with E-state index in [-0.39, 0.29) is 29.7 Å². The Kier molecular flexibility index (Phi) is 9.31. The van der Waals surface area contributed by atoms with Gasteiger partial charge in [0, 0.05) is 30.1 Å². The average molecular weight is 579 g/mol. The average Bonchev–Trinajstić information content (AvgIpc) is 3.33. The first-order valence-corrected chi connectivity index (χ1v) is 13.1. The normalized spacial score (nSPS) is 17.5. The molecule has 0 unspecified atom stereocenters. The van der Waals surface area contributed by atoms with Crippen LogP contribution in [0.1, 0.15) is 42.9 Å². The molecular weight excluding hydrogens is 549 g/mol. The van der Waals surface area contributed by atoms with E-state index in [4.69, 9.17) is 16.1 Å². The summed E-state index contributed by atoms with van der Waals surface area (Å²) in [4.78, 5) is 27.2. The second-order valence-electron chi connectivity index (χ2n) is 10.1. The summed E-state index contributed by atoms with van der Waals surface area (Å²) < 4.78 is 47.4. The van der Waals surface area contributed by atoms with E-state index < -0.39 is 23.7 Å². The molecule has 3 amide bonds. The molecule has 1 saturated carbocycles. The van der Waals surface area contributed by atoms with Gasteiger partial charge < -0.3 is 25.4 Å². The van der Waals surface area contributed by atoms with Crippen LogP contribution in [0.3, 0.4) is 0 Å². The second-order valence-corrected chi connectivity index (χ2v) is 10.5. The zero-order valence-corrected chi connectivity index (χ0v) is 22.8. The van der Waals surface area contributed by atoms with Crippen LogP contribution >= 0.6 is 11.6 Å². The molecule has 2 aromatic carbocycles. The van der Waals surface area contributed by atoms with Gasteiger partial charge in [0.2, 0.25) is 18.0 Å². The van der Waals surface area contributed by atoms with E-state index in [1.807, 2.05) is 0 Å². The zero-order valence-electron chi connectivity index (χ0n) is 22.0. The Hall–Kier alpha value is -3.64. The van der Waals surface area contributed by atoms with Crippen LogP contribution in [0.25, 0.3) is 5.32 Å². The molecular formula is C27H30ClF3N6O3. The molecule has 0 spiro atoms. The van der Waals surface area contributed by atoms with Crippen LogP contribution in [-0.2, 0) is 17.4 Å². The molecule has 1 fully saturated rings. The molecule has 0 aliphatic heterocycles. The largest absolute Gasteiger partial charge is 0.424 e. The number of hydrogen-bond donors (Lipinski definition) is 2. The van der Waals surface area contributed by atoms with Gasteiger partial charge in [-0.2, -0.15) is 13.2 Å². The highest BCUT2D eigenvalue weighted by molar-refractivity contribution is 6.31. The lowest BCUT2D eigenvalue weighted by Gasteiger charge is -2.26. The fraction of sp³-hybridized carbons (Fsp3) is 0.407. The first-order valence-electron chi connectivity index (χ1n) is 12.8. The molecule has 40 heavy (non-hydrogen) atoms. The summed E-state index contributed by atoms with van der Waals surface area (Å²) in [5.41, 5.74) is -0.889. The number of alkyl halides is 3. The number of nitrogens with one attached hydrogen (secondary N) is 2. The Labute approximate surface area is 234 Å². The van der Waals surface area contributed by atoms with Gasteiger partial charge in [0.1, 0.15) is 0 Å². The summed E-state index contributed by atoms with van der Waals surface area (Å²) in [6, 6.07) is 8.56. The number of carbonyl (C=O) groups excluding carboxylic acids is 2. The van der Waals surface area contributed by atoms with Gasteiger partial charge in [-0.15, -0.1) is 0 Å². The molecule has 9 nitrogen and oxygen atoms in total. The van der Waals surface area contributed by atoms with Crippen molar-refractivity contribution < 1.29 is 32.0 Å². The molecule has 3 aromatic rings. The standard InChI is InChI=1S/C27H30ClF3N6O3/c1-36(2)15-17-7-9-22(10-8-17)37-16-25(40-35-37)34-26(39)33-21-13-19(27(29,30)31)12-20(14-21)32-24(38)11-18-5-3-4-6-23(18)28/h3-6,12-14,16-17,22H,7-11,15H2,1-2H3,(H2-,32,33,34,35,38,39). The van der Waals surface area contributed by atoms with Crippen molar-refractivity contribution in [1.82, 2.24) is 10.2 Å². The van der Waals surface area contributed by atoms with Crippen LogP contribution in [0, 0.1) is 5.92 Å². The molecule has 1 aliphatic carbocycles. The van der Waals surface area contributed by atoms with Crippen molar-refractivity contribution in [1.29, 1.82) is 0 Å². The molecule has 0 atom stereocenters. The Bertz CT molecular complexity index is 1340. The number of halogens is 4. The highest BCUT2D eigenvalue weighted by Crippen LogP contribution is 2.34. The Morgan fingerprint density at radius 3 is 2.42 bits per heavy atom. The van der Waals surface area contributed by atoms with Gasteiger partial charge in [-0.25, -0.2) is 0 Å². The maximum atomic E-state index is 13.5. The smallest absolute Gasteiger partial charge is 0.416 e. The van der Waals surface area contributed by atoms with E-state index >= 15 is 0 Å². The van der Waals surface area contributed by atoms with Crippen LogP contribution < -0.4 is 15.3 Å². The summed E-state index contributed by atoms with van der Waals surface area (Å²) in [6.07, 6.45) is 0.554. The quantitative estimate of drug-likeness (QED) is 0.303. The molecule has 0 bridgehead atoms. The summed E-state index contributed by atoms with van der Waals surface area (Å²) >= 11 is 6.07. The third kappa shape index (κ3) is 8.18. The van der Waals surface area contributed by atoms with Gasteiger partial charge in [0.05, 0.1) is 12.0 Å². The van der Waals surface area contributed by atoms with E-state index in [0.717, 1.165) is 44.4 Å². The van der Waals surface area contributed by atoms with Crippen molar-refractivity contribution in [3.8, 4) is 0 Å². The van der Waals surface area contributed by atoms with E-state index in [9.17, 15) is 22.8 Å². The molecule has 0 radical (unpaired) electrons. The van der Waals surface area contributed by atoms with Crippen LogP contribution in [-0.4, -0.2) is 42.7 Å². The maximum absolute atomic E-state index is 13.5. The number of benzene rings is 2. The predicted octanol–water partition coefficient (Wildman–Crippen LogP) is 6.35. The molecule has 1 aromatic heterocycles. The number of nitrogens with zero attached hydrogens (tertiary/aromatic N) is 4. The fourth-order valence-electron chi connectivity index (χ4n) is 4.79. The lowest BCUT2D eigenvalue weighted by molar-refractivity contribution is -0.787. The number of urea groups is 1. The Morgan fingerprint density at radius 2 is 1.77 bits per heavy atom. The maximum Gasteiger partial charge on any atom is 0.416 e. The second kappa shape index (κ2) is 12.7. The van der Waals surface area contributed by atoms with Gasteiger partial charge in [0.15, 0.2) is 17.3 Å². The fourth-order valence-corrected chi connectivity index (χ4v) is 4.99. The van der Waals surface area contributed by atoms with Gasteiger partial charge in [-0.05, 0) is 68.4 Å². The minimum atomic E-state index is -4.72. The Balaban J connectivity index is 1.39. The van der Waals surface area contributed by atoms with Crippen LogP contribution in [0.4, 0.5) is 35.2 Å². The predicted molar refractivity (Wildman–Crippen MR) is 144 cm³/mol. The minimum absolute atomic E-state index is 0.0758. The summed E-state index contributed by atoms with van der Waals surface area (Å²) in [5, 5.41) is 12.9. The Morgan fingerprint density at radius 1 is 1.10 bits per heavy atom. The number of amides is 3. The van der Waals surface area contributed by atoms with Crippen molar-refractivity contribution in [2.75, 3.05) is 31.3 Å². The third-order valence-electron chi connectivity index (χ3n) is 6.60. The zero-order chi connectivity index (χ0) is 28.9. The van der Waals surface area contributed by atoms with Crippen molar-refractivity contribution in [3.05, 3.63) is 70.1 Å². The SMILES string of the molecule is CN(C)CC1CCC([n+]2cc([N-]C(=O)Nc3cc(NC(=O)Cc4ccccc4Cl)cc(C(F)(F)F)c3)on2)CC1. The molecule has 13 heteroatoms. The van der Waals surface area contributed by atoms with Crippen LogP contribution in [0.15, 0.2) is 53.2 Å². The molecule has 4 rings (SSSR count). The van der Waals surface area contributed by atoms with Crippen LogP contribution in [0.5, 0.6) is 0 Å². The molecule has 0 saturated heterocycles. The highest BCUT2D eigenvalue weighted by atomic mass is 35.5. The number of rotatable bonds is 8. The topological polar surface area (TPSA) is 105 Å². The van der Waals surface area contributed by atoms with Crippen molar-refractivity contribution in [2.45, 2.75) is 44.3 Å². The first kappa shape index (κ1) is 29.3. The molecule has 214 valence electrons. The number of anilines is 2. The molecule has 1 heterocycles. The first-order chi connectivity index (χ1) is 19.0. The molecule has 2 N–H and O–H groups in total. The summed E-state index contributed by atoms with van der Waals surface area (Å²) in [6.45, 7) is 1.03. The third-order valence-corrected chi connectivity index (χ3v) is 6.97. The minimum Gasteiger partial charge on any atom is -0.424 e. The highest BCUT2D eigenvalue weighted by Gasteiger charge is 2.32. The van der Waals surface area contributed by atoms with Gasteiger partial charge in [-0.1, -0.05) is 34.5 Å². The number of hydrogen-bond acceptors (Lipinski definition) is 5. The summed E-state index contributed by atoms with van der Waals surface area (Å²) in [7, 11) is 4.10. The summed E-state index contributed by atoms with van der Waals surface area (Å²) in [5.74, 6) is -0.0310. The number of aromatic nitrogens is 2.